The monoisotopic (exact) mass is 250 g/mol. The number of hydrogen-bond acceptors (Lipinski definition) is 4. The number of rotatable bonds is 4. The summed E-state index contributed by atoms with van der Waals surface area (Å²) in [6.07, 6.45) is 1.58. The summed E-state index contributed by atoms with van der Waals surface area (Å²) in [5.41, 5.74) is 2.05. The molecule has 1 fully saturated rings. The number of anilines is 1. The second-order valence-electron chi connectivity index (χ2n) is 5.10. The van der Waals surface area contributed by atoms with Crippen LogP contribution >= 0.6 is 0 Å². The highest BCUT2D eigenvalue weighted by Crippen LogP contribution is 2.30. The quantitative estimate of drug-likeness (QED) is 0.656. The van der Waals surface area contributed by atoms with E-state index in [0.717, 1.165) is 30.6 Å². The summed E-state index contributed by atoms with van der Waals surface area (Å²) in [4.78, 5) is 12.4. The van der Waals surface area contributed by atoms with Gasteiger partial charge in [-0.1, -0.05) is 0 Å². The van der Waals surface area contributed by atoms with Crippen molar-refractivity contribution < 1.29 is 10.0 Å². The Balaban J connectivity index is 2.05. The molecular weight excluding hydrogens is 232 g/mol. The average Bonchev–Trinajstić information content (AvgIpc) is 2.26. The first kappa shape index (κ1) is 12.8. The number of aliphatic hydroxyl groups excluding tert-OH is 1. The van der Waals surface area contributed by atoms with Gasteiger partial charge in [0.1, 0.15) is 0 Å². The maximum Gasteiger partial charge on any atom is 0.269 e. The van der Waals surface area contributed by atoms with Crippen molar-refractivity contribution in [1.29, 1.82) is 0 Å². The Bertz CT molecular complexity index is 456. The van der Waals surface area contributed by atoms with Gasteiger partial charge >= 0.3 is 0 Å². The fourth-order valence-corrected chi connectivity index (χ4v) is 2.52. The Morgan fingerprint density at radius 3 is 2.67 bits per heavy atom. The average molecular weight is 250 g/mol. The van der Waals surface area contributed by atoms with Crippen molar-refractivity contribution in [3.05, 3.63) is 33.9 Å². The van der Waals surface area contributed by atoms with Gasteiger partial charge < -0.3 is 10.0 Å². The van der Waals surface area contributed by atoms with E-state index < -0.39 is 0 Å². The first-order valence-electron chi connectivity index (χ1n) is 6.11. The molecule has 0 saturated heterocycles. The molecule has 0 bridgehead atoms. The van der Waals surface area contributed by atoms with E-state index in [1.807, 2.05) is 14.0 Å². The second kappa shape index (κ2) is 4.94. The van der Waals surface area contributed by atoms with E-state index in [2.05, 4.69) is 4.90 Å². The summed E-state index contributed by atoms with van der Waals surface area (Å²) < 4.78 is 0. The minimum atomic E-state index is -0.376. The molecule has 1 aromatic rings. The Morgan fingerprint density at radius 1 is 1.50 bits per heavy atom. The molecule has 5 heteroatoms. The van der Waals surface area contributed by atoms with E-state index in [9.17, 15) is 15.2 Å². The third-order valence-electron chi connectivity index (χ3n) is 3.55. The topological polar surface area (TPSA) is 66.6 Å². The smallest absolute Gasteiger partial charge is 0.269 e. The maximum absolute atomic E-state index is 10.7. The first-order valence-corrected chi connectivity index (χ1v) is 6.11. The largest absolute Gasteiger partial charge is 0.393 e. The molecule has 0 atom stereocenters. The highest BCUT2D eigenvalue weighted by Gasteiger charge is 2.28. The fourth-order valence-electron chi connectivity index (χ4n) is 2.52. The SMILES string of the molecule is Cc1cc([N+](=O)[O-])ccc1N(C)CC1CC(O)C1. The molecule has 98 valence electrons. The molecule has 0 unspecified atom stereocenters. The van der Waals surface area contributed by atoms with Gasteiger partial charge in [0.2, 0.25) is 0 Å². The molecule has 1 saturated carbocycles. The molecule has 1 aliphatic carbocycles. The van der Waals surface area contributed by atoms with Crippen molar-refractivity contribution in [2.45, 2.75) is 25.9 Å². The molecule has 0 aliphatic heterocycles. The van der Waals surface area contributed by atoms with E-state index in [1.54, 1.807) is 12.1 Å². The lowest BCUT2D eigenvalue weighted by molar-refractivity contribution is -0.384. The fraction of sp³-hybridized carbons (Fsp3) is 0.538. The van der Waals surface area contributed by atoms with Gasteiger partial charge in [-0.25, -0.2) is 0 Å². The van der Waals surface area contributed by atoms with Crippen LogP contribution in [0.3, 0.4) is 0 Å². The van der Waals surface area contributed by atoms with Crippen LogP contribution in [0.15, 0.2) is 18.2 Å². The number of nitro benzene ring substituents is 1. The highest BCUT2D eigenvalue weighted by molar-refractivity contribution is 5.56. The molecule has 0 amide bonds. The van der Waals surface area contributed by atoms with E-state index in [4.69, 9.17) is 0 Å². The van der Waals surface area contributed by atoms with Gasteiger partial charge in [-0.15, -0.1) is 0 Å². The zero-order chi connectivity index (χ0) is 13.3. The molecule has 1 N–H and O–H groups in total. The molecule has 0 aromatic heterocycles. The lowest BCUT2D eigenvalue weighted by Gasteiger charge is -2.35. The lowest BCUT2D eigenvalue weighted by atomic mass is 9.82. The summed E-state index contributed by atoms with van der Waals surface area (Å²) in [6.45, 7) is 2.77. The van der Waals surface area contributed by atoms with E-state index in [0.29, 0.717) is 5.92 Å². The summed E-state index contributed by atoms with van der Waals surface area (Å²) >= 11 is 0. The minimum Gasteiger partial charge on any atom is -0.393 e. The van der Waals surface area contributed by atoms with Gasteiger partial charge in [0.25, 0.3) is 5.69 Å². The van der Waals surface area contributed by atoms with Gasteiger partial charge in [0.15, 0.2) is 0 Å². The Labute approximate surface area is 106 Å². The van der Waals surface area contributed by atoms with E-state index in [1.165, 1.54) is 6.07 Å². The van der Waals surface area contributed by atoms with Crippen LogP contribution in [0.25, 0.3) is 0 Å². The molecule has 0 radical (unpaired) electrons. The molecule has 18 heavy (non-hydrogen) atoms. The van der Waals surface area contributed by atoms with Crippen molar-refractivity contribution in [3.63, 3.8) is 0 Å². The van der Waals surface area contributed by atoms with Crippen LogP contribution < -0.4 is 4.90 Å². The first-order chi connectivity index (χ1) is 8.47. The number of hydrogen-bond donors (Lipinski definition) is 1. The number of aryl methyl sites for hydroxylation is 1. The molecule has 5 nitrogen and oxygen atoms in total. The number of nitro groups is 1. The molecular formula is C13H18N2O3. The van der Waals surface area contributed by atoms with Crippen LogP contribution in [0, 0.1) is 23.0 Å². The number of benzene rings is 1. The van der Waals surface area contributed by atoms with Crippen LogP contribution in [0.1, 0.15) is 18.4 Å². The summed E-state index contributed by atoms with van der Waals surface area (Å²) in [5.74, 6) is 0.527. The van der Waals surface area contributed by atoms with Crippen LogP contribution in [0.5, 0.6) is 0 Å². The van der Waals surface area contributed by atoms with Crippen molar-refractivity contribution in [2.75, 3.05) is 18.5 Å². The van der Waals surface area contributed by atoms with Crippen molar-refractivity contribution in [3.8, 4) is 0 Å². The minimum absolute atomic E-state index is 0.128. The molecule has 2 rings (SSSR count). The molecule has 0 spiro atoms. The van der Waals surface area contributed by atoms with Crippen molar-refractivity contribution in [2.24, 2.45) is 5.92 Å². The number of non-ortho nitro benzene ring substituents is 1. The summed E-state index contributed by atoms with van der Waals surface area (Å²) in [7, 11) is 1.98. The summed E-state index contributed by atoms with van der Waals surface area (Å²) in [5, 5.41) is 19.9. The molecule has 0 heterocycles. The van der Waals surface area contributed by atoms with Gasteiger partial charge in [-0.05, 0) is 37.3 Å². The normalized spacial score (nSPS) is 22.4. The third-order valence-corrected chi connectivity index (χ3v) is 3.55. The Hall–Kier alpha value is -1.62. The van der Waals surface area contributed by atoms with Crippen molar-refractivity contribution >= 4 is 11.4 Å². The molecule has 1 aliphatic rings. The van der Waals surface area contributed by atoms with E-state index in [-0.39, 0.29) is 16.7 Å². The zero-order valence-corrected chi connectivity index (χ0v) is 10.7. The van der Waals surface area contributed by atoms with Crippen LogP contribution in [-0.4, -0.2) is 29.7 Å². The van der Waals surface area contributed by atoms with Gasteiger partial charge in [0.05, 0.1) is 11.0 Å². The Morgan fingerprint density at radius 2 is 2.17 bits per heavy atom. The second-order valence-corrected chi connectivity index (χ2v) is 5.10. The number of aliphatic hydroxyl groups is 1. The molecule has 1 aromatic carbocycles. The van der Waals surface area contributed by atoms with Gasteiger partial charge in [-0.2, -0.15) is 0 Å². The highest BCUT2D eigenvalue weighted by atomic mass is 16.6. The number of nitrogens with zero attached hydrogens (tertiary/aromatic N) is 2. The van der Waals surface area contributed by atoms with Gasteiger partial charge in [-0.3, -0.25) is 10.1 Å². The van der Waals surface area contributed by atoms with Crippen molar-refractivity contribution in [1.82, 2.24) is 0 Å². The zero-order valence-electron chi connectivity index (χ0n) is 10.7. The van der Waals surface area contributed by atoms with Crippen LogP contribution in [0.4, 0.5) is 11.4 Å². The standard InChI is InChI=1S/C13H18N2O3/c1-9-5-11(15(17)18)3-4-13(9)14(2)8-10-6-12(16)7-10/h3-5,10,12,16H,6-8H2,1-2H3. The Kier molecular flexibility index (Phi) is 3.52. The lowest BCUT2D eigenvalue weighted by Crippen LogP contribution is -2.37. The van der Waals surface area contributed by atoms with Crippen LogP contribution in [0.2, 0.25) is 0 Å². The maximum atomic E-state index is 10.7. The third kappa shape index (κ3) is 2.61. The van der Waals surface area contributed by atoms with Gasteiger partial charge in [0, 0.05) is 31.4 Å². The van der Waals surface area contributed by atoms with Crippen LogP contribution in [-0.2, 0) is 0 Å². The predicted molar refractivity (Wildman–Crippen MR) is 69.8 cm³/mol. The summed E-state index contributed by atoms with van der Waals surface area (Å²) in [6, 6.07) is 4.93. The van der Waals surface area contributed by atoms with E-state index >= 15 is 0 Å². The predicted octanol–water partition coefficient (Wildman–Crippen LogP) is 2.11.